The Labute approximate surface area is 129 Å². The maximum absolute atomic E-state index is 12.2. The molecule has 6 heteroatoms. The molecule has 1 N–H and O–H groups in total. The van der Waals surface area contributed by atoms with Gasteiger partial charge in [0.25, 0.3) is 5.91 Å². The number of carbonyl (C=O) groups is 2. The van der Waals surface area contributed by atoms with Crippen LogP contribution in [0.15, 0.2) is 10.5 Å². The molecular formula is C15H22NO4S-. The molecule has 0 spiro atoms. The van der Waals surface area contributed by atoms with E-state index < -0.39 is 17.9 Å². The number of thioether (sulfide) groups is 1. The number of furan rings is 1. The number of carboxylic acid groups (broad SMARTS) is 1. The Morgan fingerprint density at radius 2 is 2.05 bits per heavy atom. The molecule has 0 bridgehead atoms. The van der Waals surface area contributed by atoms with Gasteiger partial charge in [-0.25, -0.2) is 0 Å². The van der Waals surface area contributed by atoms with E-state index in [1.54, 1.807) is 13.0 Å². The highest BCUT2D eigenvalue weighted by Gasteiger charge is 2.24. The second-order valence-electron chi connectivity index (χ2n) is 5.96. The molecule has 1 atom stereocenters. The normalized spacial score (nSPS) is 13.0. The van der Waals surface area contributed by atoms with Crippen molar-refractivity contribution < 1.29 is 19.1 Å². The van der Waals surface area contributed by atoms with Crippen LogP contribution in [0.3, 0.4) is 0 Å². The zero-order valence-electron chi connectivity index (χ0n) is 13.1. The quantitative estimate of drug-likeness (QED) is 0.860. The van der Waals surface area contributed by atoms with Gasteiger partial charge in [-0.3, -0.25) is 4.79 Å². The number of hydrogen-bond donors (Lipinski definition) is 1. The van der Waals surface area contributed by atoms with Crippen molar-refractivity contribution in [1.82, 2.24) is 5.32 Å². The average Bonchev–Trinajstić information content (AvgIpc) is 2.76. The van der Waals surface area contributed by atoms with Gasteiger partial charge in [-0.1, -0.05) is 20.8 Å². The van der Waals surface area contributed by atoms with Gasteiger partial charge >= 0.3 is 0 Å². The van der Waals surface area contributed by atoms with Crippen LogP contribution in [0.5, 0.6) is 0 Å². The van der Waals surface area contributed by atoms with Gasteiger partial charge in [-0.2, -0.15) is 11.8 Å². The smallest absolute Gasteiger partial charge is 0.255 e. The fourth-order valence-electron chi connectivity index (χ4n) is 1.80. The van der Waals surface area contributed by atoms with Gasteiger partial charge in [0.1, 0.15) is 11.5 Å². The summed E-state index contributed by atoms with van der Waals surface area (Å²) in [6.45, 7) is 7.64. The minimum atomic E-state index is -1.27. The summed E-state index contributed by atoms with van der Waals surface area (Å²) in [5, 5.41) is 13.6. The van der Waals surface area contributed by atoms with Crippen molar-refractivity contribution in [3.63, 3.8) is 0 Å². The average molecular weight is 312 g/mol. The summed E-state index contributed by atoms with van der Waals surface area (Å²) >= 11 is 1.52. The third kappa shape index (κ3) is 4.81. The zero-order chi connectivity index (χ0) is 16.2. The summed E-state index contributed by atoms with van der Waals surface area (Å²) in [6.07, 6.45) is 2.21. The largest absolute Gasteiger partial charge is 0.548 e. The van der Waals surface area contributed by atoms with E-state index in [0.29, 0.717) is 29.3 Å². The fraction of sp³-hybridized carbons (Fsp3) is 0.600. The molecule has 0 aliphatic carbocycles. The molecule has 0 aliphatic heterocycles. The molecule has 1 amide bonds. The second kappa shape index (κ2) is 7.02. The molecule has 0 saturated heterocycles. The van der Waals surface area contributed by atoms with E-state index in [2.05, 4.69) is 5.32 Å². The van der Waals surface area contributed by atoms with Crippen molar-refractivity contribution in [3.05, 3.63) is 23.2 Å². The summed E-state index contributed by atoms with van der Waals surface area (Å²) in [5.74, 6) is 0.103. The highest BCUT2D eigenvalue weighted by Crippen LogP contribution is 2.27. The summed E-state index contributed by atoms with van der Waals surface area (Å²) in [6, 6.07) is 0.684. The van der Waals surface area contributed by atoms with E-state index in [0.717, 1.165) is 0 Å². The lowest BCUT2D eigenvalue weighted by Gasteiger charge is -2.19. The van der Waals surface area contributed by atoms with Gasteiger partial charge in [0, 0.05) is 5.41 Å². The molecule has 118 valence electrons. The number of amides is 1. The van der Waals surface area contributed by atoms with Gasteiger partial charge in [0.05, 0.1) is 17.6 Å². The number of hydrogen-bond acceptors (Lipinski definition) is 5. The van der Waals surface area contributed by atoms with Gasteiger partial charge in [-0.15, -0.1) is 0 Å². The molecule has 1 rings (SSSR count). The highest BCUT2D eigenvalue weighted by atomic mass is 32.2. The minimum absolute atomic E-state index is 0.212. The van der Waals surface area contributed by atoms with Gasteiger partial charge < -0.3 is 19.6 Å². The van der Waals surface area contributed by atoms with Crippen LogP contribution in [-0.2, 0) is 10.2 Å². The summed E-state index contributed by atoms with van der Waals surface area (Å²) in [5.41, 5.74) is 0.158. The molecule has 21 heavy (non-hydrogen) atoms. The third-order valence-electron chi connectivity index (χ3n) is 3.10. The van der Waals surface area contributed by atoms with Crippen molar-refractivity contribution in [1.29, 1.82) is 0 Å². The van der Waals surface area contributed by atoms with Crippen LogP contribution in [0, 0.1) is 6.92 Å². The Kier molecular flexibility index (Phi) is 5.89. The molecule has 1 aromatic heterocycles. The van der Waals surface area contributed by atoms with Crippen molar-refractivity contribution in [2.24, 2.45) is 0 Å². The topological polar surface area (TPSA) is 82.4 Å². The standard InChI is InChI=1S/C15H23NO4S/c1-9-10(8-12(20-9)15(2,3)4)13(17)16-11(14(18)19)6-7-21-5/h8,11H,6-7H2,1-5H3,(H,16,17)(H,18,19)/p-1. The summed E-state index contributed by atoms with van der Waals surface area (Å²) in [4.78, 5) is 23.3. The SMILES string of the molecule is CSCCC(NC(=O)c1cc(C(C)(C)C)oc1C)C(=O)[O-]. The Hall–Kier alpha value is -1.43. The molecule has 1 unspecified atom stereocenters. The molecule has 0 saturated carbocycles. The van der Waals surface area contributed by atoms with Crippen LogP contribution in [0.25, 0.3) is 0 Å². The van der Waals surface area contributed by atoms with E-state index >= 15 is 0 Å². The van der Waals surface area contributed by atoms with Crippen molar-refractivity contribution in [2.45, 2.75) is 45.6 Å². The van der Waals surface area contributed by atoms with Crippen LogP contribution in [0.4, 0.5) is 0 Å². The first-order chi connectivity index (χ1) is 9.66. The predicted octanol–water partition coefficient (Wildman–Crippen LogP) is 1.49. The Morgan fingerprint density at radius 1 is 1.43 bits per heavy atom. The van der Waals surface area contributed by atoms with E-state index in [1.807, 2.05) is 27.0 Å². The second-order valence-corrected chi connectivity index (χ2v) is 6.94. The molecule has 0 aromatic carbocycles. The minimum Gasteiger partial charge on any atom is -0.548 e. The molecular weight excluding hydrogens is 290 g/mol. The van der Waals surface area contributed by atoms with Crippen LogP contribution in [0.2, 0.25) is 0 Å². The molecule has 1 heterocycles. The van der Waals surface area contributed by atoms with Gasteiger partial charge in [0.15, 0.2) is 0 Å². The Morgan fingerprint density at radius 3 is 2.48 bits per heavy atom. The number of carboxylic acids is 1. The number of carbonyl (C=O) groups excluding carboxylic acids is 2. The fourth-order valence-corrected chi connectivity index (χ4v) is 2.27. The first-order valence-electron chi connectivity index (χ1n) is 6.78. The molecule has 0 radical (unpaired) electrons. The maximum atomic E-state index is 12.2. The highest BCUT2D eigenvalue weighted by molar-refractivity contribution is 7.98. The maximum Gasteiger partial charge on any atom is 0.255 e. The van der Waals surface area contributed by atoms with Gasteiger partial charge in [0.2, 0.25) is 0 Å². The lowest BCUT2D eigenvalue weighted by Crippen LogP contribution is -2.48. The first-order valence-corrected chi connectivity index (χ1v) is 8.17. The summed E-state index contributed by atoms with van der Waals surface area (Å²) in [7, 11) is 0. The van der Waals surface area contributed by atoms with Crippen molar-refractivity contribution >= 4 is 23.6 Å². The van der Waals surface area contributed by atoms with Crippen LogP contribution in [-0.4, -0.2) is 29.9 Å². The molecule has 1 aromatic rings. The van der Waals surface area contributed by atoms with E-state index in [-0.39, 0.29) is 5.41 Å². The van der Waals surface area contributed by atoms with Gasteiger partial charge in [-0.05, 0) is 31.4 Å². The first kappa shape index (κ1) is 17.6. The Bertz CT molecular complexity index is 516. The van der Waals surface area contributed by atoms with Crippen LogP contribution >= 0.6 is 11.8 Å². The lowest BCUT2D eigenvalue weighted by atomic mass is 9.93. The van der Waals surface area contributed by atoms with Crippen molar-refractivity contribution in [3.8, 4) is 0 Å². The molecule has 0 fully saturated rings. The van der Waals surface area contributed by atoms with E-state index in [9.17, 15) is 14.7 Å². The molecule has 0 aliphatic rings. The Balaban J connectivity index is 2.88. The predicted molar refractivity (Wildman–Crippen MR) is 81.4 cm³/mol. The van der Waals surface area contributed by atoms with E-state index in [4.69, 9.17) is 4.42 Å². The summed E-state index contributed by atoms with van der Waals surface area (Å²) < 4.78 is 5.60. The third-order valence-corrected chi connectivity index (χ3v) is 3.75. The van der Waals surface area contributed by atoms with Crippen molar-refractivity contribution in [2.75, 3.05) is 12.0 Å². The number of aryl methyl sites for hydroxylation is 1. The van der Waals surface area contributed by atoms with Crippen LogP contribution in [0.1, 0.15) is 49.1 Å². The number of nitrogens with one attached hydrogen (secondary N) is 1. The monoisotopic (exact) mass is 312 g/mol. The zero-order valence-corrected chi connectivity index (χ0v) is 13.9. The lowest BCUT2D eigenvalue weighted by molar-refractivity contribution is -0.308. The molecule has 5 nitrogen and oxygen atoms in total. The number of aliphatic carboxylic acids is 1. The van der Waals surface area contributed by atoms with Crippen LogP contribution < -0.4 is 10.4 Å². The number of rotatable bonds is 6. The van der Waals surface area contributed by atoms with E-state index in [1.165, 1.54) is 11.8 Å².